The van der Waals surface area contributed by atoms with E-state index in [9.17, 15) is 0 Å². The summed E-state index contributed by atoms with van der Waals surface area (Å²) in [4.78, 5) is 12.3. The van der Waals surface area contributed by atoms with Crippen molar-refractivity contribution in [3.05, 3.63) is 53.7 Å². The van der Waals surface area contributed by atoms with Crippen molar-refractivity contribution < 1.29 is 0 Å². The first-order valence-corrected chi connectivity index (χ1v) is 5.82. The third kappa shape index (κ3) is 2.12. The molecule has 18 heavy (non-hydrogen) atoms. The maximum atomic E-state index is 5.93. The van der Waals surface area contributed by atoms with Gasteiger partial charge in [0.2, 0.25) is 0 Å². The second kappa shape index (κ2) is 4.62. The van der Waals surface area contributed by atoms with Gasteiger partial charge in [-0.2, -0.15) is 0 Å². The standard InChI is InChI=1S/C12H10ClN5/c13-10-3-1-2-9(4-10)5-17-18-8-16-11-6-14-7-15-12(11)18/h1-4,6-8,17H,5H2. The molecule has 2 aromatic heterocycles. The Balaban J connectivity index is 1.81. The van der Waals surface area contributed by atoms with E-state index in [1.807, 2.05) is 24.3 Å². The minimum absolute atomic E-state index is 0.649. The number of benzene rings is 1. The summed E-state index contributed by atoms with van der Waals surface area (Å²) in [5, 5.41) is 0.729. The Morgan fingerprint density at radius 1 is 1.28 bits per heavy atom. The molecule has 1 aromatic carbocycles. The molecule has 0 aliphatic rings. The van der Waals surface area contributed by atoms with Crippen LogP contribution in [0.25, 0.3) is 11.2 Å². The number of fused-ring (bicyclic) bond motifs is 1. The third-order valence-electron chi connectivity index (χ3n) is 2.56. The van der Waals surface area contributed by atoms with E-state index in [0.29, 0.717) is 6.54 Å². The van der Waals surface area contributed by atoms with E-state index in [0.717, 1.165) is 21.7 Å². The van der Waals surface area contributed by atoms with Crippen LogP contribution in [0.5, 0.6) is 0 Å². The lowest BCUT2D eigenvalue weighted by atomic mass is 10.2. The molecule has 3 rings (SSSR count). The Morgan fingerprint density at radius 2 is 2.22 bits per heavy atom. The van der Waals surface area contributed by atoms with Crippen LogP contribution in [-0.2, 0) is 6.54 Å². The Bertz CT molecular complexity index is 679. The summed E-state index contributed by atoms with van der Waals surface area (Å²) in [6, 6.07) is 7.70. The van der Waals surface area contributed by atoms with Crippen LogP contribution in [0.3, 0.4) is 0 Å². The number of nitrogens with one attached hydrogen (secondary N) is 1. The zero-order valence-electron chi connectivity index (χ0n) is 9.42. The number of nitrogens with zero attached hydrogens (tertiary/aromatic N) is 4. The Kier molecular flexibility index (Phi) is 2.82. The van der Waals surface area contributed by atoms with Gasteiger partial charge in [0, 0.05) is 5.02 Å². The van der Waals surface area contributed by atoms with Crippen molar-refractivity contribution in [1.82, 2.24) is 19.6 Å². The summed E-state index contributed by atoms with van der Waals surface area (Å²) in [7, 11) is 0. The van der Waals surface area contributed by atoms with E-state index in [2.05, 4.69) is 20.4 Å². The Hall–Kier alpha value is -2.14. The van der Waals surface area contributed by atoms with Gasteiger partial charge >= 0.3 is 0 Å². The first kappa shape index (κ1) is 11.0. The van der Waals surface area contributed by atoms with Crippen LogP contribution in [0.1, 0.15) is 5.56 Å². The minimum Gasteiger partial charge on any atom is -0.319 e. The first-order valence-electron chi connectivity index (χ1n) is 5.44. The van der Waals surface area contributed by atoms with E-state index in [1.54, 1.807) is 17.2 Å². The van der Waals surface area contributed by atoms with Crippen molar-refractivity contribution >= 4 is 22.8 Å². The van der Waals surface area contributed by atoms with Gasteiger partial charge in [-0.1, -0.05) is 23.7 Å². The fraction of sp³-hybridized carbons (Fsp3) is 0.0833. The summed E-state index contributed by atoms with van der Waals surface area (Å²) >= 11 is 5.93. The molecule has 0 atom stereocenters. The largest absolute Gasteiger partial charge is 0.319 e. The molecule has 0 bridgehead atoms. The quantitative estimate of drug-likeness (QED) is 0.784. The molecule has 0 saturated carbocycles. The average Bonchev–Trinajstić information content (AvgIpc) is 2.80. The number of imidazole rings is 1. The monoisotopic (exact) mass is 259 g/mol. The molecule has 0 unspecified atom stereocenters. The van der Waals surface area contributed by atoms with Crippen molar-refractivity contribution in [1.29, 1.82) is 0 Å². The highest BCUT2D eigenvalue weighted by Crippen LogP contribution is 2.11. The first-order chi connectivity index (χ1) is 8.83. The Labute approximate surface area is 108 Å². The smallest absolute Gasteiger partial charge is 0.181 e. The Morgan fingerprint density at radius 3 is 3.11 bits per heavy atom. The van der Waals surface area contributed by atoms with E-state index in [1.165, 1.54) is 6.33 Å². The van der Waals surface area contributed by atoms with Crippen LogP contribution in [0, 0.1) is 0 Å². The molecule has 0 spiro atoms. The summed E-state index contributed by atoms with van der Waals surface area (Å²) in [6.45, 7) is 0.649. The van der Waals surface area contributed by atoms with Gasteiger partial charge in [0.05, 0.1) is 12.7 Å². The molecule has 0 radical (unpaired) electrons. The van der Waals surface area contributed by atoms with Crippen molar-refractivity contribution in [2.24, 2.45) is 0 Å². The van der Waals surface area contributed by atoms with Gasteiger partial charge in [-0.25, -0.2) is 19.6 Å². The molecule has 3 aromatic rings. The lowest BCUT2D eigenvalue weighted by Gasteiger charge is -2.07. The minimum atomic E-state index is 0.649. The van der Waals surface area contributed by atoms with Crippen LogP contribution in [0.4, 0.5) is 0 Å². The molecule has 0 amide bonds. The zero-order valence-corrected chi connectivity index (χ0v) is 10.2. The fourth-order valence-corrected chi connectivity index (χ4v) is 1.92. The highest BCUT2D eigenvalue weighted by atomic mass is 35.5. The fourth-order valence-electron chi connectivity index (χ4n) is 1.71. The van der Waals surface area contributed by atoms with E-state index >= 15 is 0 Å². The number of aromatic nitrogens is 4. The molecular weight excluding hydrogens is 250 g/mol. The molecule has 1 N–H and O–H groups in total. The molecule has 0 aliphatic heterocycles. The topological polar surface area (TPSA) is 55.6 Å². The maximum absolute atomic E-state index is 5.93. The summed E-state index contributed by atoms with van der Waals surface area (Å²) in [5.74, 6) is 0. The lowest BCUT2D eigenvalue weighted by molar-refractivity contribution is 0.851. The number of hydrogen-bond acceptors (Lipinski definition) is 4. The SMILES string of the molecule is Clc1cccc(CNn2cnc3cncnc32)c1. The normalized spacial score (nSPS) is 10.7. The van der Waals surface area contributed by atoms with Crippen LogP contribution in [0.15, 0.2) is 43.1 Å². The molecular formula is C12H10ClN5. The van der Waals surface area contributed by atoms with Crippen LogP contribution < -0.4 is 5.43 Å². The zero-order chi connectivity index (χ0) is 12.4. The van der Waals surface area contributed by atoms with Gasteiger partial charge in [-0.05, 0) is 17.7 Å². The summed E-state index contributed by atoms with van der Waals surface area (Å²) < 4.78 is 1.78. The average molecular weight is 260 g/mol. The third-order valence-corrected chi connectivity index (χ3v) is 2.79. The van der Waals surface area contributed by atoms with Gasteiger partial charge in [0.15, 0.2) is 5.65 Å². The lowest BCUT2D eigenvalue weighted by Crippen LogP contribution is -2.13. The van der Waals surface area contributed by atoms with Crippen molar-refractivity contribution in [3.8, 4) is 0 Å². The molecule has 5 nitrogen and oxygen atoms in total. The summed E-state index contributed by atoms with van der Waals surface area (Å²) in [6.07, 6.45) is 4.87. The molecule has 0 aliphatic carbocycles. The van der Waals surface area contributed by atoms with Crippen molar-refractivity contribution in [3.63, 3.8) is 0 Å². The molecule has 2 heterocycles. The van der Waals surface area contributed by atoms with Crippen LogP contribution >= 0.6 is 11.6 Å². The summed E-state index contributed by atoms with van der Waals surface area (Å²) in [5.41, 5.74) is 5.83. The predicted octanol–water partition coefficient (Wildman–Crippen LogP) is 2.22. The maximum Gasteiger partial charge on any atom is 0.181 e. The van der Waals surface area contributed by atoms with Crippen LogP contribution in [0.2, 0.25) is 5.02 Å². The van der Waals surface area contributed by atoms with E-state index in [4.69, 9.17) is 11.6 Å². The van der Waals surface area contributed by atoms with Gasteiger partial charge < -0.3 is 5.43 Å². The molecule has 0 fully saturated rings. The van der Waals surface area contributed by atoms with Gasteiger partial charge in [0.25, 0.3) is 0 Å². The van der Waals surface area contributed by atoms with Crippen molar-refractivity contribution in [2.75, 3.05) is 5.43 Å². The van der Waals surface area contributed by atoms with Crippen molar-refractivity contribution in [2.45, 2.75) is 6.54 Å². The van der Waals surface area contributed by atoms with Gasteiger partial charge in [-0.15, -0.1) is 0 Å². The number of halogens is 1. The number of rotatable bonds is 3. The molecule has 0 saturated heterocycles. The van der Waals surface area contributed by atoms with Gasteiger partial charge in [-0.3, -0.25) is 0 Å². The second-order valence-electron chi connectivity index (χ2n) is 3.81. The second-order valence-corrected chi connectivity index (χ2v) is 4.25. The van der Waals surface area contributed by atoms with E-state index in [-0.39, 0.29) is 0 Å². The highest BCUT2D eigenvalue weighted by Gasteiger charge is 2.02. The predicted molar refractivity (Wildman–Crippen MR) is 69.8 cm³/mol. The highest BCUT2D eigenvalue weighted by molar-refractivity contribution is 6.30. The van der Waals surface area contributed by atoms with Gasteiger partial charge in [0.1, 0.15) is 18.2 Å². The molecule has 6 heteroatoms. The molecule has 90 valence electrons. The van der Waals surface area contributed by atoms with E-state index < -0.39 is 0 Å². The van der Waals surface area contributed by atoms with Crippen LogP contribution in [-0.4, -0.2) is 19.6 Å². The number of hydrogen-bond donors (Lipinski definition) is 1.